The van der Waals surface area contributed by atoms with Crippen LogP contribution in [-0.4, -0.2) is 5.91 Å². The highest BCUT2D eigenvalue weighted by atomic mass is 32.2. The van der Waals surface area contributed by atoms with Crippen LogP contribution in [0.15, 0.2) is 59.0 Å². The molecule has 1 amide bonds. The molecule has 1 unspecified atom stereocenters. The smallest absolute Gasteiger partial charge is 0.246 e. The maximum Gasteiger partial charge on any atom is 0.246 e. The van der Waals surface area contributed by atoms with Gasteiger partial charge in [-0.2, -0.15) is 0 Å². The quantitative estimate of drug-likeness (QED) is 0.912. The number of rotatable bonds is 2. The van der Waals surface area contributed by atoms with Gasteiger partial charge in [-0.05, 0) is 30.2 Å². The second kappa shape index (κ2) is 5.17. The van der Waals surface area contributed by atoms with Crippen LogP contribution in [0.1, 0.15) is 21.9 Å². The summed E-state index contributed by atoms with van der Waals surface area (Å²) in [5, 5.41) is -0.0250. The molecule has 1 heterocycles. The molecule has 0 aromatic heterocycles. The number of thioether (sulfide) groups is 1. The molecular weight excluding hydrogens is 266 g/mol. The van der Waals surface area contributed by atoms with Crippen molar-refractivity contribution < 1.29 is 4.79 Å². The molecule has 0 spiro atoms. The van der Waals surface area contributed by atoms with E-state index in [-0.39, 0.29) is 11.2 Å². The van der Waals surface area contributed by atoms with E-state index in [2.05, 4.69) is 37.3 Å². The van der Waals surface area contributed by atoms with Crippen LogP contribution in [0, 0.1) is 6.92 Å². The van der Waals surface area contributed by atoms with E-state index in [9.17, 15) is 4.79 Å². The molecule has 1 aliphatic rings. The molecule has 2 N–H and O–H groups in total. The van der Waals surface area contributed by atoms with Crippen LogP contribution in [0.25, 0.3) is 6.08 Å². The van der Waals surface area contributed by atoms with E-state index < -0.39 is 0 Å². The second-order valence-electron chi connectivity index (χ2n) is 4.91. The molecule has 3 heteroatoms. The molecule has 2 aromatic rings. The molecule has 3 rings (SSSR count). The average molecular weight is 281 g/mol. The zero-order valence-corrected chi connectivity index (χ0v) is 12.0. The third kappa shape index (κ3) is 2.37. The SMILES string of the molecule is Cc1ccc(C2Sc3ccccc3C=C2C(N)=O)cc1. The molecule has 0 fully saturated rings. The highest BCUT2D eigenvalue weighted by Crippen LogP contribution is 2.46. The van der Waals surface area contributed by atoms with Crippen molar-refractivity contribution >= 4 is 23.7 Å². The number of carbonyl (C=O) groups is 1. The Morgan fingerprint density at radius 1 is 1.10 bits per heavy atom. The van der Waals surface area contributed by atoms with E-state index >= 15 is 0 Å². The van der Waals surface area contributed by atoms with Crippen molar-refractivity contribution in [1.82, 2.24) is 0 Å². The molecular formula is C17H15NOS. The summed E-state index contributed by atoms with van der Waals surface area (Å²) < 4.78 is 0. The monoisotopic (exact) mass is 281 g/mol. The second-order valence-corrected chi connectivity index (χ2v) is 6.06. The van der Waals surface area contributed by atoms with Crippen molar-refractivity contribution in [3.63, 3.8) is 0 Å². The Hall–Kier alpha value is -2.00. The average Bonchev–Trinajstić information content (AvgIpc) is 2.46. The van der Waals surface area contributed by atoms with Gasteiger partial charge in [-0.3, -0.25) is 4.79 Å². The molecule has 2 aromatic carbocycles. The van der Waals surface area contributed by atoms with E-state index in [0.717, 1.165) is 11.1 Å². The minimum absolute atomic E-state index is 0.0250. The summed E-state index contributed by atoms with van der Waals surface area (Å²) in [6.45, 7) is 2.05. The van der Waals surface area contributed by atoms with Crippen molar-refractivity contribution in [2.75, 3.05) is 0 Å². The van der Waals surface area contributed by atoms with Gasteiger partial charge in [-0.15, -0.1) is 11.8 Å². The van der Waals surface area contributed by atoms with Crippen LogP contribution in [0.2, 0.25) is 0 Å². The first-order valence-corrected chi connectivity index (χ1v) is 7.37. The molecule has 0 saturated carbocycles. The van der Waals surface area contributed by atoms with E-state index in [0.29, 0.717) is 5.57 Å². The van der Waals surface area contributed by atoms with Crippen molar-refractivity contribution in [2.45, 2.75) is 17.1 Å². The van der Waals surface area contributed by atoms with Gasteiger partial charge >= 0.3 is 0 Å². The fourth-order valence-corrected chi connectivity index (χ4v) is 3.61. The summed E-state index contributed by atoms with van der Waals surface area (Å²) >= 11 is 1.68. The third-order valence-electron chi connectivity index (χ3n) is 3.42. The third-order valence-corrected chi connectivity index (χ3v) is 4.81. The summed E-state index contributed by atoms with van der Waals surface area (Å²) in [4.78, 5) is 12.9. The van der Waals surface area contributed by atoms with E-state index in [4.69, 9.17) is 5.73 Å². The Kier molecular flexibility index (Phi) is 3.36. The number of benzene rings is 2. The summed E-state index contributed by atoms with van der Waals surface area (Å²) in [6, 6.07) is 16.3. The van der Waals surface area contributed by atoms with Crippen LogP contribution in [0.5, 0.6) is 0 Å². The summed E-state index contributed by atoms with van der Waals surface area (Å²) in [5.74, 6) is -0.349. The van der Waals surface area contributed by atoms with Gasteiger partial charge < -0.3 is 5.73 Å². The molecule has 1 atom stereocenters. The summed E-state index contributed by atoms with van der Waals surface area (Å²) in [6.07, 6.45) is 1.92. The van der Waals surface area contributed by atoms with Crippen LogP contribution in [-0.2, 0) is 4.79 Å². The topological polar surface area (TPSA) is 43.1 Å². The summed E-state index contributed by atoms with van der Waals surface area (Å²) in [7, 11) is 0. The highest BCUT2D eigenvalue weighted by molar-refractivity contribution is 8.00. The first-order valence-electron chi connectivity index (χ1n) is 6.49. The maximum absolute atomic E-state index is 11.8. The molecule has 1 aliphatic heterocycles. The molecule has 2 nitrogen and oxygen atoms in total. The van der Waals surface area contributed by atoms with Crippen LogP contribution in [0.3, 0.4) is 0 Å². The first-order chi connectivity index (χ1) is 9.65. The zero-order valence-electron chi connectivity index (χ0n) is 11.2. The fraction of sp³-hybridized carbons (Fsp3) is 0.118. The zero-order chi connectivity index (χ0) is 14.1. The minimum Gasteiger partial charge on any atom is -0.366 e. The van der Waals surface area contributed by atoms with E-state index in [1.54, 1.807) is 11.8 Å². The number of aryl methyl sites for hydroxylation is 1. The number of fused-ring (bicyclic) bond motifs is 1. The predicted molar refractivity (Wildman–Crippen MR) is 83.4 cm³/mol. The van der Waals surface area contributed by atoms with Crippen molar-refractivity contribution in [3.8, 4) is 0 Å². The van der Waals surface area contributed by atoms with Gasteiger partial charge in [0.2, 0.25) is 5.91 Å². The Balaban J connectivity index is 2.08. The Labute approximate surface area is 122 Å². The molecule has 0 radical (unpaired) electrons. The fourth-order valence-electron chi connectivity index (χ4n) is 2.33. The number of hydrogen-bond acceptors (Lipinski definition) is 2. The molecule has 0 bridgehead atoms. The number of carbonyl (C=O) groups excluding carboxylic acids is 1. The van der Waals surface area contributed by atoms with Crippen LogP contribution >= 0.6 is 11.8 Å². The number of nitrogens with two attached hydrogens (primary N) is 1. The highest BCUT2D eigenvalue weighted by Gasteiger charge is 2.26. The molecule has 0 saturated heterocycles. The normalized spacial score (nSPS) is 17.2. The standard InChI is InChI=1S/C17H15NOS/c1-11-6-8-12(9-7-11)16-14(17(18)19)10-13-4-2-3-5-15(13)20-16/h2-10,16H,1H3,(H2,18,19). The van der Waals surface area contributed by atoms with Gasteiger partial charge in [-0.1, -0.05) is 48.0 Å². The minimum atomic E-state index is -0.349. The lowest BCUT2D eigenvalue weighted by molar-refractivity contribution is -0.114. The Morgan fingerprint density at radius 2 is 1.80 bits per heavy atom. The van der Waals surface area contributed by atoms with Gasteiger partial charge in [-0.25, -0.2) is 0 Å². The lowest BCUT2D eigenvalue weighted by Gasteiger charge is -2.24. The Bertz CT molecular complexity index is 688. The van der Waals surface area contributed by atoms with Crippen molar-refractivity contribution in [2.24, 2.45) is 5.73 Å². The van der Waals surface area contributed by atoms with Gasteiger partial charge in [0, 0.05) is 10.5 Å². The number of primary amides is 1. The number of hydrogen-bond donors (Lipinski definition) is 1. The summed E-state index contributed by atoms with van der Waals surface area (Å²) in [5.41, 5.74) is 9.61. The predicted octanol–water partition coefficient (Wildman–Crippen LogP) is 3.71. The van der Waals surface area contributed by atoms with Crippen molar-refractivity contribution in [3.05, 3.63) is 70.8 Å². The maximum atomic E-state index is 11.8. The van der Waals surface area contributed by atoms with Gasteiger partial charge in [0.25, 0.3) is 0 Å². The lowest BCUT2D eigenvalue weighted by Crippen LogP contribution is -2.19. The van der Waals surface area contributed by atoms with Gasteiger partial charge in [0.1, 0.15) is 0 Å². The number of amides is 1. The van der Waals surface area contributed by atoms with Gasteiger partial charge in [0.05, 0.1) is 5.25 Å². The van der Waals surface area contributed by atoms with Crippen LogP contribution < -0.4 is 5.73 Å². The largest absolute Gasteiger partial charge is 0.366 e. The lowest BCUT2D eigenvalue weighted by atomic mass is 10.00. The van der Waals surface area contributed by atoms with Gasteiger partial charge in [0.15, 0.2) is 0 Å². The van der Waals surface area contributed by atoms with E-state index in [1.165, 1.54) is 10.5 Å². The molecule has 0 aliphatic carbocycles. The first kappa shape index (κ1) is 13.0. The molecule has 100 valence electrons. The van der Waals surface area contributed by atoms with Crippen LogP contribution in [0.4, 0.5) is 0 Å². The Morgan fingerprint density at radius 3 is 2.50 bits per heavy atom. The molecule has 20 heavy (non-hydrogen) atoms. The van der Waals surface area contributed by atoms with Crippen molar-refractivity contribution in [1.29, 1.82) is 0 Å². The van der Waals surface area contributed by atoms with E-state index in [1.807, 2.05) is 24.3 Å².